The van der Waals surface area contributed by atoms with E-state index in [-0.39, 0.29) is 0 Å². The molecule has 1 aromatic carbocycles. The van der Waals surface area contributed by atoms with E-state index in [2.05, 4.69) is 19.1 Å². The van der Waals surface area contributed by atoms with Crippen LogP contribution >= 0.6 is 0 Å². The van der Waals surface area contributed by atoms with Gasteiger partial charge in [-0.1, -0.05) is 30.3 Å². The predicted molar refractivity (Wildman–Crippen MR) is 85.9 cm³/mol. The fraction of sp³-hybridized carbons (Fsp3) is 0.529. The van der Waals surface area contributed by atoms with Crippen molar-refractivity contribution in [2.45, 2.75) is 32.6 Å². The normalized spacial score (nSPS) is 23.6. The van der Waals surface area contributed by atoms with Gasteiger partial charge >= 0.3 is 0 Å². The second kappa shape index (κ2) is 8.25. The van der Waals surface area contributed by atoms with E-state index < -0.39 is 10.8 Å². The second-order valence-corrected chi connectivity index (χ2v) is 7.12. The second-order valence-electron chi connectivity index (χ2n) is 5.50. The van der Waals surface area contributed by atoms with Gasteiger partial charge in [0.2, 0.25) is 0 Å². The van der Waals surface area contributed by atoms with Crippen LogP contribution in [-0.2, 0) is 15.5 Å². The minimum absolute atomic E-state index is 0.562. The number of ether oxygens (including phenoxy) is 1. The minimum Gasteiger partial charge on any atom is -0.501 e. The van der Waals surface area contributed by atoms with Gasteiger partial charge in [-0.05, 0) is 49.7 Å². The molecule has 2 rings (SSSR count). The number of allylic oxidation sites excluding steroid dienone is 1. The molecule has 1 saturated heterocycles. The molecule has 0 aliphatic carbocycles. The highest BCUT2D eigenvalue weighted by molar-refractivity contribution is 7.85. The molecule has 1 heterocycles. The molecule has 2 nitrogen and oxygen atoms in total. The molecule has 1 aliphatic rings. The molecule has 1 fully saturated rings. The molecule has 0 aromatic heterocycles. The summed E-state index contributed by atoms with van der Waals surface area (Å²) < 4.78 is 17.1. The Kier molecular flexibility index (Phi) is 6.31. The lowest BCUT2D eigenvalue weighted by Crippen LogP contribution is -2.20. The van der Waals surface area contributed by atoms with Crippen molar-refractivity contribution in [1.82, 2.24) is 0 Å². The third-order valence-electron chi connectivity index (χ3n) is 3.77. The average Bonchev–Trinajstić information content (AvgIpc) is 2.48. The lowest BCUT2D eigenvalue weighted by molar-refractivity contribution is 0.234. The Morgan fingerprint density at radius 3 is 2.95 bits per heavy atom. The SMILES string of the molecule is C/C(=C/OCCCC1CCCS(=O)C1)c1ccccc1. The summed E-state index contributed by atoms with van der Waals surface area (Å²) in [5.74, 6) is 2.46. The van der Waals surface area contributed by atoms with Gasteiger partial charge < -0.3 is 4.74 Å². The molecular formula is C17H24O2S. The first kappa shape index (κ1) is 15.3. The van der Waals surface area contributed by atoms with E-state index >= 15 is 0 Å². The Morgan fingerprint density at radius 2 is 2.20 bits per heavy atom. The Hall–Kier alpha value is -1.09. The average molecular weight is 292 g/mol. The maximum absolute atomic E-state index is 11.5. The van der Waals surface area contributed by atoms with Gasteiger partial charge in [0, 0.05) is 22.3 Å². The summed E-state index contributed by atoms with van der Waals surface area (Å²) in [5.41, 5.74) is 2.36. The van der Waals surface area contributed by atoms with Crippen LogP contribution in [0.1, 0.15) is 38.2 Å². The van der Waals surface area contributed by atoms with Gasteiger partial charge in [0.05, 0.1) is 12.9 Å². The lowest BCUT2D eigenvalue weighted by Gasteiger charge is -2.20. The number of hydrogen-bond donors (Lipinski definition) is 0. The van der Waals surface area contributed by atoms with Crippen molar-refractivity contribution < 1.29 is 8.95 Å². The van der Waals surface area contributed by atoms with Crippen LogP contribution < -0.4 is 0 Å². The number of benzene rings is 1. The summed E-state index contributed by atoms with van der Waals surface area (Å²) in [4.78, 5) is 0. The lowest BCUT2D eigenvalue weighted by atomic mass is 10.00. The van der Waals surface area contributed by atoms with Crippen LogP contribution in [0.25, 0.3) is 5.57 Å². The first-order chi connectivity index (χ1) is 9.75. The largest absolute Gasteiger partial charge is 0.501 e. The van der Waals surface area contributed by atoms with Gasteiger partial charge in [0.1, 0.15) is 0 Å². The van der Waals surface area contributed by atoms with E-state index in [0.29, 0.717) is 5.92 Å². The van der Waals surface area contributed by atoms with Gasteiger partial charge in [-0.25, -0.2) is 0 Å². The van der Waals surface area contributed by atoms with Gasteiger partial charge in [0.25, 0.3) is 0 Å². The van der Waals surface area contributed by atoms with Crippen molar-refractivity contribution in [3.05, 3.63) is 42.2 Å². The van der Waals surface area contributed by atoms with Gasteiger partial charge in [-0.15, -0.1) is 0 Å². The molecule has 0 spiro atoms. The summed E-state index contributed by atoms with van der Waals surface area (Å²) in [6.45, 7) is 2.83. The molecule has 0 bridgehead atoms. The van der Waals surface area contributed by atoms with E-state index in [1.54, 1.807) is 0 Å². The Balaban J connectivity index is 1.65. The summed E-state index contributed by atoms with van der Waals surface area (Å²) in [7, 11) is -0.562. The zero-order valence-corrected chi connectivity index (χ0v) is 13.0. The predicted octanol–water partition coefficient (Wildman–Crippen LogP) is 4.00. The molecule has 0 radical (unpaired) electrons. The van der Waals surface area contributed by atoms with Crippen LogP contribution in [0.2, 0.25) is 0 Å². The van der Waals surface area contributed by atoms with Crippen molar-refractivity contribution in [2.24, 2.45) is 5.92 Å². The summed E-state index contributed by atoms with van der Waals surface area (Å²) in [6.07, 6.45) is 6.43. The maximum atomic E-state index is 11.5. The smallest absolute Gasteiger partial charge is 0.0873 e. The highest BCUT2D eigenvalue weighted by atomic mass is 32.2. The van der Waals surface area contributed by atoms with E-state index in [0.717, 1.165) is 42.9 Å². The molecule has 0 saturated carbocycles. The monoisotopic (exact) mass is 292 g/mol. The highest BCUT2D eigenvalue weighted by Crippen LogP contribution is 2.20. The van der Waals surface area contributed by atoms with Crippen LogP contribution in [-0.4, -0.2) is 22.3 Å². The van der Waals surface area contributed by atoms with Gasteiger partial charge in [-0.2, -0.15) is 0 Å². The third kappa shape index (κ3) is 5.12. The quantitative estimate of drug-likeness (QED) is 0.585. The summed E-state index contributed by atoms with van der Waals surface area (Å²) in [6, 6.07) is 10.3. The van der Waals surface area contributed by atoms with E-state index in [1.807, 2.05) is 24.5 Å². The van der Waals surface area contributed by atoms with Crippen LogP contribution in [0, 0.1) is 5.92 Å². The van der Waals surface area contributed by atoms with Crippen molar-refractivity contribution in [3.8, 4) is 0 Å². The third-order valence-corrected chi connectivity index (χ3v) is 5.36. The number of rotatable bonds is 6. The Bertz CT molecular complexity index is 453. The van der Waals surface area contributed by atoms with Crippen molar-refractivity contribution in [2.75, 3.05) is 18.1 Å². The number of hydrogen-bond acceptors (Lipinski definition) is 2. The fourth-order valence-corrected chi connectivity index (χ4v) is 4.11. The molecule has 2 atom stereocenters. The zero-order valence-electron chi connectivity index (χ0n) is 12.2. The molecule has 1 aromatic rings. The summed E-state index contributed by atoms with van der Waals surface area (Å²) in [5, 5.41) is 0. The molecule has 0 N–H and O–H groups in total. The van der Waals surface area contributed by atoms with Gasteiger partial charge in [-0.3, -0.25) is 4.21 Å². The van der Waals surface area contributed by atoms with E-state index in [4.69, 9.17) is 4.74 Å². The fourth-order valence-electron chi connectivity index (χ4n) is 2.60. The molecule has 110 valence electrons. The Labute approximate surface area is 124 Å². The standard InChI is InChI=1S/C17H24O2S/c1-15(17-9-3-2-4-10-17)13-19-11-5-7-16-8-6-12-20(18)14-16/h2-4,9-10,13,16H,5-8,11-12,14H2,1H3/b15-13-. The van der Waals surface area contributed by atoms with Crippen LogP contribution in [0.4, 0.5) is 0 Å². The van der Waals surface area contributed by atoms with Crippen molar-refractivity contribution >= 4 is 16.4 Å². The first-order valence-electron chi connectivity index (χ1n) is 7.44. The topological polar surface area (TPSA) is 26.3 Å². The highest BCUT2D eigenvalue weighted by Gasteiger charge is 2.17. The minimum atomic E-state index is -0.562. The molecule has 1 aliphatic heterocycles. The molecule has 3 heteroatoms. The van der Waals surface area contributed by atoms with Crippen LogP contribution in [0.15, 0.2) is 36.6 Å². The van der Waals surface area contributed by atoms with Crippen molar-refractivity contribution in [1.29, 1.82) is 0 Å². The molecular weight excluding hydrogens is 268 g/mol. The van der Waals surface area contributed by atoms with Gasteiger partial charge in [0.15, 0.2) is 0 Å². The van der Waals surface area contributed by atoms with E-state index in [9.17, 15) is 4.21 Å². The van der Waals surface area contributed by atoms with Crippen LogP contribution in [0.3, 0.4) is 0 Å². The Morgan fingerprint density at radius 1 is 1.40 bits per heavy atom. The molecule has 20 heavy (non-hydrogen) atoms. The summed E-state index contributed by atoms with van der Waals surface area (Å²) >= 11 is 0. The van der Waals surface area contributed by atoms with Crippen LogP contribution in [0.5, 0.6) is 0 Å². The first-order valence-corrected chi connectivity index (χ1v) is 8.93. The zero-order chi connectivity index (χ0) is 14.2. The maximum Gasteiger partial charge on any atom is 0.0873 e. The molecule has 2 unspecified atom stereocenters. The van der Waals surface area contributed by atoms with Crippen molar-refractivity contribution in [3.63, 3.8) is 0 Å². The van der Waals surface area contributed by atoms with E-state index in [1.165, 1.54) is 12.0 Å². The molecule has 0 amide bonds.